The number of aliphatic hydroxyl groups excluding tert-OH is 1. The van der Waals surface area contributed by atoms with Crippen LogP contribution in [0.15, 0.2) is 84.9 Å². The Morgan fingerprint density at radius 3 is 1.42 bits per heavy atom. The molecule has 4 aromatic carbocycles. The highest BCUT2D eigenvalue weighted by Gasteiger charge is 2.20. The van der Waals surface area contributed by atoms with Crippen LogP contribution in [0.1, 0.15) is 41.7 Å². The van der Waals surface area contributed by atoms with Crippen molar-refractivity contribution in [3.8, 4) is 33.4 Å². The molecule has 0 fully saturated rings. The summed E-state index contributed by atoms with van der Waals surface area (Å²) in [5.74, 6) is 0. The van der Waals surface area contributed by atoms with Crippen LogP contribution in [0.4, 0.5) is 0 Å². The predicted octanol–water partition coefficient (Wildman–Crippen LogP) is 8.06. The molecule has 0 heterocycles. The lowest BCUT2D eigenvalue weighted by atomic mass is 9.84. The molecule has 0 aliphatic rings. The number of hydrogen-bond donors (Lipinski definition) is 1. The molecule has 1 nitrogen and oxygen atoms in total. The Labute approximate surface area is 186 Å². The van der Waals surface area contributed by atoms with E-state index in [0.29, 0.717) is 6.42 Å². The summed E-state index contributed by atoms with van der Waals surface area (Å²) in [7, 11) is 0. The molecule has 31 heavy (non-hydrogen) atoms. The van der Waals surface area contributed by atoms with E-state index in [1.165, 1.54) is 27.8 Å². The van der Waals surface area contributed by atoms with Gasteiger partial charge in [-0.05, 0) is 78.3 Å². The third-order valence-electron chi connectivity index (χ3n) is 5.91. The fourth-order valence-corrected chi connectivity index (χ4v) is 4.31. The standard InChI is InChI=1S/C30H30O/c1-5-29(31)30-27(24-13-7-10-21(3)16-24)18-26(23-12-6-9-20(2)15-23)19-28(30)25-14-8-11-22(4)17-25/h6-19,29,31H,5H2,1-4H3/t29-/m0/s1. The molecule has 0 aliphatic carbocycles. The molecule has 0 bridgehead atoms. The first-order chi connectivity index (χ1) is 15.0. The van der Waals surface area contributed by atoms with E-state index < -0.39 is 6.10 Å². The van der Waals surface area contributed by atoms with E-state index in [1.54, 1.807) is 0 Å². The van der Waals surface area contributed by atoms with Crippen LogP contribution in [-0.4, -0.2) is 5.11 Å². The van der Waals surface area contributed by atoms with Gasteiger partial charge in [-0.15, -0.1) is 0 Å². The molecule has 0 spiro atoms. The predicted molar refractivity (Wildman–Crippen MR) is 132 cm³/mol. The molecule has 0 aliphatic heterocycles. The van der Waals surface area contributed by atoms with Crippen molar-refractivity contribution in [3.63, 3.8) is 0 Å². The van der Waals surface area contributed by atoms with Crippen LogP contribution in [0.25, 0.3) is 33.4 Å². The minimum atomic E-state index is -0.530. The molecular formula is C30H30O. The second kappa shape index (κ2) is 8.91. The molecule has 1 atom stereocenters. The smallest absolute Gasteiger partial charge is 0.0799 e. The normalized spacial score (nSPS) is 12.0. The maximum Gasteiger partial charge on any atom is 0.0799 e. The molecule has 0 saturated carbocycles. The van der Waals surface area contributed by atoms with Crippen molar-refractivity contribution in [2.75, 3.05) is 0 Å². The van der Waals surface area contributed by atoms with Crippen molar-refractivity contribution in [2.45, 2.75) is 40.2 Å². The van der Waals surface area contributed by atoms with Gasteiger partial charge in [0.25, 0.3) is 0 Å². The zero-order valence-electron chi connectivity index (χ0n) is 18.8. The van der Waals surface area contributed by atoms with Gasteiger partial charge in [-0.25, -0.2) is 0 Å². The average molecular weight is 407 g/mol. The maximum atomic E-state index is 11.2. The van der Waals surface area contributed by atoms with Crippen molar-refractivity contribution in [1.29, 1.82) is 0 Å². The van der Waals surface area contributed by atoms with Crippen molar-refractivity contribution in [1.82, 2.24) is 0 Å². The van der Waals surface area contributed by atoms with Gasteiger partial charge in [0.05, 0.1) is 6.10 Å². The van der Waals surface area contributed by atoms with E-state index in [1.807, 2.05) is 6.92 Å². The summed E-state index contributed by atoms with van der Waals surface area (Å²) in [4.78, 5) is 0. The van der Waals surface area contributed by atoms with E-state index in [0.717, 1.165) is 27.8 Å². The van der Waals surface area contributed by atoms with Gasteiger partial charge in [0.2, 0.25) is 0 Å². The number of hydrogen-bond acceptors (Lipinski definition) is 1. The lowest BCUT2D eigenvalue weighted by Gasteiger charge is -2.22. The van der Waals surface area contributed by atoms with Crippen LogP contribution < -0.4 is 0 Å². The first-order valence-corrected chi connectivity index (χ1v) is 11.0. The molecule has 0 aromatic heterocycles. The van der Waals surface area contributed by atoms with E-state index in [2.05, 4.69) is 106 Å². The average Bonchev–Trinajstić information content (AvgIpc) is 2.77. The Morgan fingerprint density at radius 1 is 0.581 bits per heavy atom. The number of aliphatic hydroxyl groups is 1. The Bertz CT molecular complexity index is 1150. The highest BCUT2D eigenvalue weighted by atomic mass is 16.3. The van der Waals surface area contributed by atoms with Gasteiger partial charge in [0.15, 0.2) is 0 Å². The van der Waals surface area contributed by atoms with Gasteiger partial charge < -0.3 is 5.11 Å². The fraction of sp³-hybridized carbons (Fsp3) is 0.200. The lowest BCUT2D eigenvalue weighted by molar-refractivity contribution is 0.175. The van der Waals surface area contributed by atoms with Gasteiger partial charge in [0, 0.05) is 0 Å². The van der Waals surface area contributed by atoms with E-state index >= 15 is 0 Å². The second-order valence-corrected chi connectivity index (χ2v) is 8.52. The second-order valence-electron chi connectivity index (χ2n) is 8.52. The summed E-state index contributed by atoms with van der Waals surface area (Å²) < 4.78 is 0. The van der Waals surface area contributed by atoms with Crippen molar-refractivity contribution in [2.24, 2.45) is 0 Å². The first kappa shape index (κ1) is 21.1. The van der Waals surface area contributed by atoms with Crippen LogP contribution in [-0.2, 0) is 0 Å². The Hall–Kier alpha value is -3.16. The minimum Gasteiger partial charge on any atom is -0.388 e. The van der Waals surface area contributed by atoms with E-state index in [9.17, 15) is 5.11 Å². The summed E-state index contributed by atoms with van der Waals surface area (Å²) in [6, 6.07) is 30.3. The molecule has 156 valence electrons. The molecular weight excluding hydrogens is 376 g/mol. The highest BCUT2D eigenvalue weighted by Crippen LogP contribution is 2.41. The third-order valence-corrected chi connectivity index (χ3v) is 5.91. The molecule has 0 saturated heterocycles. The Balaban J connectivity index is 2.08. The van der Waals surface area contributed by atoms with Crippen LogP contribution in [0, 0.1) is 20.8 Å². The van der Waals surface area contributed by atoms with Crippen molar-refractivity contribution < 1.29 is 5.11 Å². The van der Waals surface area contributed by atoms with Crippen LogP contribution >= 0.6 is 0 Å². The number of rotatable bonds is 5. The SMILES string of the molecule is CC[C@H](O)c1c(-c2cccc(C)c2)cc(-c2cccc(C)c2)cc1-c1cccc(C)c1. The van der Waals surface area contributed by atoms with Crippen LogP contribution in [0.3, 0.4) is 0 Å². The van der Waals surface area contributed by atoms with Crippen LogP contribution in [0.5, 0.6) is 0 Å². The lowest BCUT2D eigenvalue weighted by Crippen LogP contribution is -2.03. The zero-order valence-corrected chi connectivity index (χ0v) is 18.8. The Kier molecular flexibility index (Phi) is 6.06. The zero-order chi connectivity index (χ0) is 22.0. The monoisotopic (exact) mass is 406 g/mol. The molecule has 1 heteroatoms. The van der Waals surface area contributed by atoms with Gasteiger partial charge in [-0.2, -0.15) is 0 Å². The molecule has 0 amide bonds. The molecule has 0 radical (unpaired) electrons. The summed E-state index contributed by atoms with van der Waals surface area (Å²) >= 11 is 0. The van der Waals surface area contributed by atoms with Gasteiger partial charge >= 0.3 is 0 Å². The Morgan fingerprint density at radius 2 is 1.00 bits per heavy atom. The van der Waals surface area contributed by atoms with Gasteiger partial charge in [0.1, 0.15) is 0 Å². The minimum absolute atomic E-state index is 0.530. The van der Waals surface area contributed by atoms with Gasteiger partial charge in [-0.1, -0.05) is 96.4 Å². The summed E-state index contributed by atoms with van der Waals surface area (Å²) in [5, 5.41) is 11.2. The maximum absolute atomic E-state index is 11.2. The first-order valence-electron chi connectivity index (χ1n) is 11.0. The quantitative estimate of drug-likeness (QED) is 0.355. The summed E-state index contributed by atoms with van der Waals surface area (Å²) in [5.41, 5.74) is 11.5. The van der Waals surface area contributed by atoms with E-state index in [-0.39, 0.29) is 0 Å². The van der Waals surface area contributed by atoms with Crippen molar-refractivity contribution in [3.05, 3.63) is 107 Å². The van der Waals surface area contributed by atoms with Gasteiger partial charge in [-0.3, -0.25) is 0 Å². The number of aryl methyl sites for hydroxylation is 3. The van der Waals surface area contributed by atoms with Crippen molar-refractivity contribution >= 4 is 0 Å². The summed E-state index contributed by atoms with van der Waals surface area (Å²) in [6.07, 6.45) is 0.138. The third kappa shape index (κ3) is 4.47. The molecule has 1 N–H and O–H groups in total. The molecule has 4 rings (SSSR count). The molecule has 4 aromatic rings. The summed E-state index contributed by atoms with van der Waals surface area (Å²) in [6.45, 7) is 8.40. The molecule has 0 unspecified atom stereocenters. The van der Waals surface area contributed by atoms with E-state index in [4.69, 9.17) is 0 Å². The number of benzene rings is 4. The topological polar surface area (TPSA) is 20.2 Å². The largest absolute Gasteiger partial charge is 0.388 e. The highest BCUT2D eigenvalue weighted by molar-refractivity contribution is 5.86. The van der Waals surface area contributed by atoms with Crippen LogP contribution in [0.2, 0.25) is 0 Å². The fourth-order valence-electron chi connectivity index (χ4n) is 4.31.